The van der Waals surface area contributed by atoms with Crippen molar-refractivity contribution in [2.45, 2.75) is 65.8 Å². The summed E-state index contributed by atoms with van der Waals surface area (Å²) in [5, 5.41) is 9.54. The number of hydrogen-bond donors (Lipinski definition) is 1. The lowest BCUT2D eigenvalue weighted by molar-refractivity contribution is -0.153. The van der Waals surface area contributed by atoms with Crippen LogP contribution in [0.2, 0.25) is 0 Å². The largest absolute Gasteiger partial charge is 0.480 e. The Morgan fingerprint density at radius 2 is 1.59 bits per heavy atom. The fourth-order valence-electron chi connectivity index (χ4n) is 2.60. The van der Waals surface area contributed by atoms with E-state index in [0.29, 0.717) is 18.8 Å². The van der Waals surface area contributed by atoms with Gasteiger partial charge in [-0.3, -0.25) is 9.69 Å². The Balaban J connectivity index is 4.97. The minimum atomic E-state index is -0.671. The standard InChI is InChI=1S/C14H29NO2/c1-6-12(7-2)11-15(10-5)14(8-3,9-4)13(16)17/h12H,6-11H2,1-5H3,(H,16,17). The summed E-state index contributed by atoms with van der Waals surface area (Å²) in [5.74, 6) is -0.0675. The first kappa shape index (κ1) is 16.4. The fourth-order valence-corrected chi connectivity index (χ4v) is 2.60. The number of carbonyl (C=O) groups is 1. The van der Waals surface area contributed by atoms with E-state index in [2.05, 4.69) is 25.7 Å². The summed E-state index contributed by atoms with van der Waals surface area (Å²) in [5.41, 5.74) is -0.669. The highest BCUT2D eigenvalue weighted by Gasteiger charge is 2.40. The zero-order valence-electron chi connectivity index (χ0n) is 12.1. The maximum absolute atomic E-state index is 11.6. The van der Waals surface area contributed by atoms with Crippen LogP contribution >= 0.6 is 0 Å². The molecular weight excluding hydrogens is 214 g/mol. The van der Waals surface area contributed by atoms with Gasteiger partial charge in [0.15, 0.2) is 0 Å². The highest BCUT2D eigenvalue weighted by molar-refractivity contribution is 5.78. The zero-order valence-corrected chi connectivity index (χ0v) is 12.1. The smallest absolute Gasteiger partial charge is 0.324 e. The number of carboxylic acid groups (broad SMARTS) is 1. The lowest BCUT2D eigenvalue weighted by Crippen LogP contribution is -2.55. The van der Waals surface area contributed by atoms with Crippen LogP contribution in [0.15, 0.2) is 0 Å². The van der Waals surface area contributed by atoms with Crippen LogP contribution in [-0.2, 0) is 4.79 Å². The average Bonchev–Trinajstić information content (AvgIpc) is 2.34. The Morgan fingerprint density at radius 1 is 1.12 bits per heavy atom. The van der Waals surface area contributed by atoms with Crippen LogP contribution in [-0.4, -0.2) is 34.6 Å². The molecule has 0 aromatic heterocycles. The Kier molecular flexibility index (Phi) is 7.44. The SMILES string of the molecule is CCC(CC)CN(CC)C(CC)(CC)C(=O)O. The fraction of sp³-hybridized carbons (Fsp3) is 0.929. The summed E-state index contributed by atoms with van der Waals surface area (Å²) in [6.45, 7) is 12.1. The second-order valence-corrected chi connectivity index (χ2v) is 4.77. The van der Waals surface area contributed by atoms with Gasteiger partial charge < -0.3 is 5.11 Å². The van der Waals surface area contributed by atoms with Crippen LogP contribution in [0.3, 0.4) is 0 Å². The van der Waals surface area contributed by atoms with Crippen molar-refractivity contribution in [3.8, 4) is 0 Å². The van der Waals surface area contributed by atoms with Crippen molar-refractivity contribution in [3.63, 3.8) is 0 Å². The average molecular weight is 243 g/mol. The molecule has 0 rings (SSSR count). The highest BCUT2D eigenvalue weighted by Crippen LogP contribution is 2.26. The molecule has 0 aliphatic rings. The van der Waals surface area contributed by atoms with Gasteiger partial charge in [-0.1, -0.05) is 47.5 Å². The second-order valence-electron chi connectivity index (χ2n) is 4.77. The van der Waals surface area contributed by atoms with E-state index in [1.54, 1.807) is 0 Å². The predicted octanol–water partition coefficient (Wildman–Crippen LogP) is 3.39. The summed E-state index contributed by atoms with van der Waals surface area (Å²) in [6.07, 6.45) is 3.59. The van der Waals surface area contributed by atoms with Gasteiger partial charge in [0.25, 0.3) is 0 Å². The lowest BCUT2D eigenvalue weighted by atomic mass is 9.88. The molecule has 0 amide bonds. The third-order valence-electron chi connectivity index (χ3n) is 4.19. The maximum Gasteiger partial charge on any atom is 0.324 e. The van der Waals surface area contributed by atoms with E-state index < -0.39 is 11.5 Å². The lowest BCUT2D eigenvalue weighted by Gasteiger charge is -2.40. The molecule has 3 nitrogen and oxygen atoms in total. The minimum Gasteiger partial charge on any atom is -0.480 e. The van der Waals surface area contributed by atoms with E-state index in [1.165, 1.54) is 0 Å². The van der Waals surface area contributed by atoms with Crippen molar-refractivity contribution in [1.29, 1.82) is 0 Å². The van der Waals surface area contributed by atoms with E-state index >= 15 is 0 Å². The third-order valence-corrected chi connectivity index (χ3v) is 4.19. The Hall–Kier alpha value is -0.570. The number of likely N-dealkylation sites (N-methyl/N-ethyl adjacent to an activating group) is 1. The normalized spacial score (nSPS) is 12.4. The molecule has 0 radical (unpaired) electrons. The van der Waals surface area contributed by atoms with Gasteiger partial charge in [0, 0.05) is 6.54 Å². The van der Waals surface area contributed by atoms with E-state index in [-0.39, 0.29) is 0 Å². The molecular formula is C14H29NO2. The predicted molar refractivity (Wildman–Crippen MR) is 72.3 cm³/mol. The van der Waals surface area contributed by atoms with Crippen LogP contribution < -0.4 is 0 Å². The molecule has 0 aromatic carbocycles. The van der Waals surface area contributed by atoms with Crippen LogP contribution in [0.4, 0.5) is 0 Å². The molecule has 0 fully saturated rings. The second kappa shape index (κ2) is 7.70. The molecule has 0 aliphatic carbocycles. The molecule has 1 N–H and O–H groups in total. The molecule has 0 atom stereocenters. The van der Waals surface area contributed by atoms with Gasteiger partial charge in [-0.2, -0.15) is 0 Å². The van der Waals surface area contributed by atoms with Gasteiger partial charge in [0.1, 0.15) is 5.54 Å². The first-order chi connectivity index (χ1) is 8.02. The molecule has 0 aliphatic heterocycles. The van der Waals surface area contributed by atoms with Gasteiger partial charge >= 0.3 is 5.97 Å². The van der Waals surface area contributed by atoms with Crippen molar-refractivity contribution < 1.29 is 9.90 Å². The van der Waals surface area contributed by atoms with Crippen molar-refractivity contribution in [2.24, 2.45) is 5.92 Å². The Morgan fingerprint density at radius 3 is 1.82 bits per heavy atom. The van der Waals surface area contributed by atoms with Gasteiger partial charge in [-0.25, -0.2) is 0 Å². The van der Waals surface area contributed by atoms with Crippen molar-refractivity contribution in [2.75, 3.05) is 13.1 Å². The molecule has 0 saturated heterocycles. The maximum atomic E-state index is 11.6. The number of aliphatic carboxylic acids is 1. The number of carboxylic acids is 1. The van der Waals surface area contributed by atoms with Gasteiger partial charge in [-0.05, 0) is 25.3 Å². The quantitative estimate of drug-likeness (QED) is 0.675. The number of nitrogens with zero attached hydrogens (tertiary/aromatic N) is 1. The number of hydrogen-bond acceptors (Lipinski definition) is 2. The molecule has 0 bridgehead atoms. The third kappa shape index (κ3) is 3.70. The Labute approximate surface area is 106 Å². The first-order valence-corrected chi connectivity index (χ1v) is 7.00. The molecule has 0 heterocycles. The van der Waals surface area contributed by atoms with Gasteiger partial charge in [0.05, 0.1) is 0 Å². The van der Waals surface area contributed by atoms with Crippen LogP contribution in [0.5, 0.6) is 0 Å². The van der Waals surface area contributed by atoms with Gasteiger partial charge in [0.2, 0.25) is 0 Å². The van der Waals surface area contributed by atoms with E-state index in [4.69, 9.17) is 0 Å². The van der Waals surface area contributed by atoms with Crippen molar-refractivity contribution >= 4 is 5.97 Å². The summed E-state index contributed by atoms with van der Waals surface area (Å²) < 4.78 is 0. The van der Waals surface area contributed by atoms with Crippen LogP contribution in [0.1, 0.15) is 60.3 Å². The Bertz CT molecular complexity index is 220. The highest BCUT2D eigenvalue weighted by atomic mass is 16.4. The molecule has 0 aromatic rings. The van der Waals surface area contributed by atoms with E-state index in [0.717, 1.165) is 25.9 Å². The van der Waals surface area contributed by atoms with Crippen LogP contribution in [0.25, 0.3) is 0 Å². The van der Waals surface area contributed by atoms with E-state index in [9.17, 15) is 9.90 Å². The topological polar surface area (TPSA) is 40.5 Å². The van der Waals surface area contributed by atoms with Crippen molar-refractivity contribution in [1.82, 2.24) is 4.90 Å². The van der Waals surface area contributed by atoms with Gasteiger partial charge in [-0.15, -0.1) is 0 Å². The zero-order chi connectivity index (χ0) is 13.5. The first-order valence-electron chi connectivity index (χ1n) is 7.00. The number of rotatable bonds is 9. The summed E-state index contributed by atoms with van der Waals surface area (Å²) in [7, 11) is 0. The molecule has 0 unspecified atom stereocenters. The minimum absolute atomic E-state index is 0.603. The van der Waals surface area contributed by atoms with E-state index in [1.807, 2.05) is 13.8 Å². The molecule has 102 valence electrons. The van der Waals surface area contributed by atoms with Crippen LogP contribution in [0, 0.1) is 5.92 Å². The molecule has 17 heavy (non-hydrogen) atoms. The monoisotopic (exact) mass is 243 g/mol. The van der Waals surface area contributed by atoms with Crippen molar-refractivity contribution in [3.05, 3.63) is 0 Å². The molecule has 3 heteroatoms. The summed E-state index contributed by atoms with van der Waals surface area (Å²) >= 11 is 0. The summed E-state index contributed by atoms with van der Waals surface area (Å²) in [6, 6.07) is 0. The molecule has 0 saturated carbocycles. The summed E-state index contributed by atoms with van der Waals surface area (Å²) in [4.78, 5) is 13.8. The molecule has 0 spiro atoms.